The van der Waals surface area contributed by atoms with Gasteiger partial charge in [0.25, 0.3) is 0 Å². The number of nitrogens with zero attached hydrogens (tertiary/aromatic N) is 1. The van der Waals surface area contributed by atoms with Crippen LogP contribution in [0.2, 0.25) is 10.0 Å². The largest absolute Gasteiger partial charge is 0.394 e. The zero-order chi connectivity index (χ0) is 28.5. The van der Waals surface area contributed by atoms with E-state index in [0.717, 1.165) is 18.9 Å². The molecule has 0 bridgehead atoms. The molecule has 2 fully saturated rings. The summed E-state index contributed by atoms with van der Waals surface area (Å²) in [6.07, 6.45) is 1.59. The van der Waals surface area contributed by atoms with Gasteiger partial charge in [-0.1, -0.05) is 55.2 Å². The molecule has 0 radical (unpaired) electrons. The van der Waals surface area contributed by atoms with E-state index in [1.165, 1.54) is 30.3 Å². The number of aliphatic hydroxyl groups excluding tert-OH is 2. The van der Waals surface area contributed by atoms with Crippen LogP contribution in [0.4, 0.5) is 8.78 Å². The lowest BCUT2D eigenvalue weighted by atomic mass is 9.62. The van der Waals surface area contributed by atoms with Crippen molar-refractivity contribution in [3.05, 3.63) is 69.2 Å². The van der Waals surface area contributed by atoms with Crippen molar-refractivity contribution in [2.75, 3.05) is 13.2 Å². The van der Waals surface area contributed by atoms with E-state index >= 15 is 8.78 Å². The minimum atomic E-state index is -1.70. The molecule has 0 aromatic heterocycles. The summed E-state index contributed by atoms with van der Waals surface area (Å²) in [5, 5.41) is 35.7. The van der Waals surface area contributed by atoms with E-state index in [1.54, 1.807) is 0 Å². The third-order valence-electron chi connectivity index (χ3n) is 8.32. The van der Waals surface area contributed by atoms with E-state index in [2.05, 4.69) is 30.6 Å². The van der Waals surface area contributed by atoms with Gasteiger partial charge < -0.3 is 20.8 Å². The van der Waals surface area contributed by atoms with Gasteiger partial charge in [0.2, 0.25) is 5.91 Å². The first-order valence-electron chi connectivity index (χ1n) is 13.1. The van der Waals surface area contributed by atoms with Gasteiger partial charge in [-0.15, -0.1) is 0 Å². The minimum absolute atomic E-state index is 0.0215. The highest BCUT2D eigenvalue weighted by molar-refractivity contribution is 6.31. The summed E-state index contributed by atoms with van der Waals surface area (Å²) in [6, 6.07) is 8.91. The van der Waals surface area contributed by atoms with E-state index in [9.17, 15) is 15.2 Å². The molecule has 1 saturated heterocycles. The lowest BCUT2D eigenvalue weighted by molar-refractivity contribution is -0.123. The van der Waals surface area contributed by atoms with Crippen molar-refractivity contribution in [3.8, 4) is 6.07 Å². The monoisotopic (exact) mass is 579 g/mol. The number of aliphatic hydroxyl groups is 2. The van der Waals surface area contributed by atoms with Gasteiger partial charge in [-0.2, -0.15) is 5.26 Å². The minimum Gasteiger partial charge on any atom is -0.394 e. The first-order valence-corrected chi connectivity index (χ1v) is 13.8. The second-order valence-corrected chi connectivity index (χ2v) is 12.1. The van der Waals surface area contributed by atoms with Crippen molar-refractivity contribution in [3.63, 3.8) is 0 Å². The Bertz CT molecular complexity index is 1270. The maximum atomic E-state index is 15.7. The van der Waals surface area contributed by atoms with Crippen LogP contribution in [0.3, 0.4) is 0 Å². The van der Waals surface area contributed by atoms with Crippen LogP contribution in [0.25, 0.3) is 0 Å². The van der Waals surface area contributed by atoms with Crippen LogP contribution >= 0.6 is 23.2 Å². The molecule has 1 amide bonds. The SMILES string of the molecule is CC(C)(C[C@@H]1N[C@@H](C(=O)NCC[C@H](O)CO)[C@H](c2cccc(Cl)c2F)[C@@]1(C#N)c1ccc(Cl)cc1F)C1CC1. The molecule has 1 aliphatic heterocycles. The van der Waals surface area contributed by atoms with Crippen LogP contribution in [0.15, 0.2) is 36.4 Å². The zero-order valence-electron chi connectivity index (χ0n) is 21.9. The summed E-state index contributed by atoms with van der Waals surface area (Å²) in [6.45, 7) is 3.76. The molecule has 4 rings (SSSR count). The van der Waals surface area contributed by atoms with Gasteiger partial charge in [-0.3, -0.25) is 4.79 Å². The predicted molar refractivity (Wildman–Crippen MR) is 145 cm³/mol. The number of rotatable bonds is 10. The fourth-order valence-electron chi connectivity index (χ4n) is 6.07. The Kier molecular flexibility index (Phi) is 8.89. The van der Waals surface area contributed by atoms with Crippen molar-refractivity contribution in [1.29, 1.82) is 5.26 Å². The van der Waals surface area contributed by atoms with Crippen molar-refractivity contribution >= 4 is 29.1 Å². The lowest BCUT2D eigenvalue weighted by Gasteiger charge is -2.38. The standard InChI is InChI=1S/C29H33Cl2F2N3O3/c1-28(2,16-6-7-16)13-23-29(15-34,20-9-8-17(30)12-22(20)32)24(19-4-3-5-21(31)25(19)33)26(36-23)27(39)35-11-10-18(38)14-37/h3-5,8-9,12,16,18,23-24,26,36-38H,6-7,10-11,13-14H2,1-2H3,(H,35,39)/t18-,23-,24-,26+,29-/m0/s1. The molecule has 0 spiro atoms. The highest BCUT2D eigenvalue weighted by Crippen LogP contribution is 2.55. The van der Waals surface area contributed by atoms with E-state index in [-0.39, 0.29) is 39.6 Å². The fraction of sp³-hybridized carbons (Fsp3) is 0.517. The number of benzene rings is 2. The van der Waals surface area contributed by atoms with Gasteiger partial charge in [0.05, 0.1) is 29.8 Å². The quantitative estimate of drug-likeness (QED) is 0.322. The van der Waals surface area contributed by atoms with Crippen LogP contribution < -0.4 is 10.6 Å². The molecule has 2 aliphatic rings. The smallest absolute Gasteiger partial charge is 0.237 e. The number of carbonyl (C=O) groups is 1. The number of amides is 1. The third-order valence-corrected chi connectivity index (χ3v) is 8.84. The Morgan fingerprint density at radius 1 is 1.28 bits per heavy atom. The van der Waals surface area contributed by atoms with Gasteiger partial charge in [0, 0.05) is 29.1 Å². The van der Waals surface area contributed by atoms with Crippen LogP contribution in [0, 0.1) is 34.3 Å². The Hall–Kier alpha value is -2.28. The molecule has 10 heteroatoms. The molecule has 6 nitrogen and oxygen atoms in total. The van der Waals surface area contributed by atoms with E-state index in [1.807, 2.05) is 0 Å². The summed E-state index contributed by atoms with van der Waals surface area (Å²) in [5.41, 5.74) is -1.89. The van der Waals surface area contributed by atoms with Gasteiger partial charge in [-0.05, 0) is 60.8 Å². The molecule has 1 saturated carbocycles. The second kappa shape index (κ2) is 11.7. The molecule has 210 valence electrons. The van der Waals surface area contributed by atoms with E-state index in [4.69, 9.17) is 28.3 Å². The van der Waals surface area contributed by atoms with E-state index < -0.39 is 53.7 Å². The molecule has 39 heavy (non-hydrogen) atoms. The van der Waals surface area contributed by atoms with Crippen molar-refractivity contribution in [2.24, 2.45) is 11.3 Å². The molecular weight excluding hydrogens is 547 g/mol. The number of hydrogen-bond donors (Lipinski definition) is 4. The highest BCUT2D eigenvalue weighted by Gasteiger charge is 2.62. The lowest BCUT2D eigenvalue weighted by Crippen LogP contribution is -2.46. The Morgan fingerprint density at radius 3 is 2.62 bits per heavy atom. The number of halogens is 4. The van der Waals surface area contributed by atoms with Gasteiger partial charge in [-0.25, -0.2) is 8.78 Å². The fourth-order valence-corrected chi connectivity index (χ4v) is 6.41. The summed E-state index contributed by atoms with van der Waals surface area (Å²) >= 11 is 12.2. The maximum absolute atomic E-state index is 15.7. The first kappa shape index (κ1) is 29.7. The summed E-state index contributed by atoms with van der Waals surface area (Å²) in [5.74, 6) is -2.78. The van der Waals surface area contributed by atoms with Crippen molar-refractivity contribution in [2.45, 2.75) is 69.1 Å². The Morgan fingerprint density at radius 2 is 2.00 bits per heavy atom. The first-order chi connectivity index (χ1) is 18.5. The predicted octanol–water partition coefficient (Wildman–Crippen LogP) is 4.84. The van der Waals surface area contributed by atoms with Crippen molar-refractivity contribution < 1.29 is 23.8 Å². The number of carbonyl (C=O) groups excluding carboxylic acids is 1. The molecule has 4 N–H and O–H groups in total. The Labute approximate surface area is 237 Å². The highest BCUT2D eigenvalue weighted by atomic mass is 35.5. The Balaban J connectivity index is 1.89. The number of hydrogen-bond acceptors (Lipinski definition) is 5. The summed E-state index contributed by atoms with van der Waals surface area (Å²) < 4.78 is 31.4. The average Bonchev–Trinajstić information content (AvgIpc) is 3.70. The van der Waals surface area contributed by atoms with Gasteiger partial charge in [0.1, 0.15) is 17.0 Å². The zero-order valence-corrected chi connectivity index (χ0v) is 23.4. The second-order valence-electron chi connectivity index (χ2n) is 11.3. The molecule has 0 unspecified atom stereocenters. The van der Waals surface area contributed by atoms with Crippen LogP contribution in [-0.2, 0) is 10.2 Å². The number of nitriles is 1. The van der Waals surface area contributed by atoms with Gasteiger partial charge >= 0.3 is 0 Å². The van der Waals surface area contributed by atoms with Crippen molar-refractivity contribution in [1.82, 2.24) is 10.6 Å². The summed E-state index contributed by atoms with van der Waals surface area (Å²) in [7, 11) is 0. The van der Waals surface area contributed by atoms with Crippen LogP contribution in [0.5, 0.6) is 0 Å². The normalized spacial score (nSPS) is 25.8. The molecule has 1 heterocycles. The summed E-state index contributed by atoms with van der Waals surface area (Å²) in [4.78, 5) is 13.6. The third kappa shape index (κ3) is 5.79. The van der Waals surface area contributed by atoms with Crippen LogP contribution in [-0.4, -0.2) is 47.5 Å². The van der Waals surface area contributed by atoms with Gasteiger partial charge in [0.15, 0.2) is 0 Å². The van der Waals surface area contributed by atoms with E-state index in [0.29, 0.717) is 12.3 Å². The topological polar surface area (TPSA) is 105 Å². The number of nitrogens with one attached hydrogen (secondary N) is 2. The van der Waals surface area contributed by atoms with Crippen LogP contribution in [0.1, 0.15) is 56.6 Å². The molecule has 5 atom stereocenters. The molecular formula is C29H33Cl2F2N3O3. The molecule has 2 aromatic carbocycles. The maximum Gasteiger partial charge on any atom is 0.237 e. The molecule has 2 aromatic rings. The average molecular weight is 581 g/mol. The molecule has 1 aliphatic carbocycles.